The summed E-state index contributed by atoms with van der Waals surface area (Å²) in [6, 6.07) is 3.96. The second-order valence-electron chi connectivity index (χ2n) is 5.50. The van der Waals surface area contributed by atoms with Gasteiger partial charge in [0.25, 0.3) is 0 Å². The van der Waals surface area contributed by atoms with Crippen LogP contribution in [0.25, 0.3) is 10.9 Å². The molecule has 1 aliphatic carbocycles. The van der Waals surface area contributed by atoms with E-state index >= 15 is 0 Å². The lowest BCUT2D eigenvalue weighted by Crippen LogP contribution is -2.17. The number of aromatic nitrogens is 1. The minimum atomic E-state index is -0.932. The van der Waals surface area contributed by atoms with E-state index in [0.717, 1.165) is 0 Å². The number of carbonyl (C=O) groups is 3. The highest BCUT2D eigenvalue weighted by atomic mass is 19.1. The van der Waals surface area contributed by atoms with Crippen molar-refractivity contribution >= 4 is 28.4 Å². The second kappa shape index (κ2) is 5.53. The van der Waals surface area contributed by atoms with E-state index in [4.69, 9.17) is 0 Å². The summed E-state index contributed by atoms with van der Waals surface area (Å²) in [7, 11) is 1.25. The zero-order valence-corrected chi connectivity index (χ0v) is 12.7. The van der Waals surface area contributed by atoms with Gasteiger partial charge in [-0.2, -0.15) is 0 Å². The molecule has 5 nitrogen and oxygen atoms in total. The summed E-state index contributed by atoms with van der Waals surface area (Å²) in [6.45, 7) is 1.65. The minimum Gasteiger partial charge on any atom is -0.469 e. The normalized spacial score (nSPS) is 16.7. The van der Waals surface area contributed by atoms with Crippen LogP contribution in [0, 0.1) is 18.7 Å². The molecule has 0 N–H and O–H groups in total. The van der Waals surface area contributed by atoms with E-state index in [9.17, 15) is 18.8 Å². The van der Waals surface area contributed by atoms with Crippen molar-refractivity contribution < 1.29 is 23.5 Å². The van der Waals surface area contributed by atoms with Crippen LogP contribution in [-0.4, -0.2) is 29.6 Å². The van der Waals surface area contributed by atoms with Crippen LogP contribution in [0.4, 0.5) is 4.39 Å². The maximum atomic E-state index is 13.5. The van der Waals surface area contributed by atoms with Crippen molar-refractivity contribution in [2.75, 3.05) is 7.11 Å². The number of benzene rings is 1. The molecule has 1 heterocycles. The molecule has 2 aromatic rings. The van der Waals surface area contributed by atoms with E-state index in [-0.39, 0.29) is 35.5 Å². The fraction of sp³-hybridized carbons (Fsp3) is 0.294. The van der Waals surface area contributed by atoms with Gasteiger partial charge in [0.05, 0.1) is 24.1 Å². The highest BCUT2D eigenvalue weighted by Crippen LogP contribution is 2.36. The number of ether oxygens (including phenoxy) is 1. The first-order chi connectivity index (χ1) is 10.9. The Morgan fingerprint density at radius 2 is 1.96 bits per heavy atom. The average Bonchev–Trinajstić information content (AvgIpc) is 2.78. The number of ketones is 2. The number of pyridine rings is 1. The van der Waals surface area contributed by atoms with Crippen LogP contribution >= 0.6 is 0 Å². The fourth-order valence-corrected chi connectivity index (χ4v) is 3.01. The van der Waals surface area contributed by atoms with Gasteiger partial charge in [-0.25, -0.2) is 4.39 Å². The highest BCUT2D eigenvalue weighted by Gasteiger charge is 2.41. The third-order valence-corrected chi connectivity index (χ3v) is 4.12. The monoisotopic (exact) mass is 315 g/mol. The fourth-order valence-electron chi connectivity index (χ4n) is 3.01. The first-order valence-electron chi connectivity index (χ1n) is 7.19. The molecular formula is C17H14FNO4. The largest absolute Gasteiger partial charge is 0.469 e. The average molecular weight is 315 g/mol. The van der Waals surface area contributed by atoms with Gasteiger partial charge in [-0.1, -0.05) is 0 Å². The van der Waals surface area contributed by atoms with E-state index in [2.05, 4.69) is 9.72 Å². The molecule has 0 spiro atoms. The quantitative estimate of drug-likeness (QED) is 0.643. The van der Waals surface area contributed by atoms with Gasteiger partial charge in [-0.3, -0.25) is 19.4 Å². The highest BCUT2D eigenvalue weighted by molar-refractivity contribution is 6.30. The van der Waals surface area contributed by atoms with Crippen molar-refractivity contribution in [2.24, 2.45) is 5.92 Å². The summed E-state index contributed by atoms with van der Waals surface area (Å²) < 4.78 is 18.1. The van der Waals surface area contributed by atoms with Gasteiger partial charge in [0.2, 0.25) is 0 Å². The summed E-state index contributed by atoms with van der Waals surface area (Å²) >= 11 is 0. The van der Waals surface area contributed by atoms with Crippen LogP contribution in [0.5, 0.6) is 0 Å². The number of rotatable bonds is 3. The Labute approximate surface area is 131 Å². The number of aryl methyl sites for hydroxylation is 1. The molecule has 1 atom stereocenters. The molecule has 0 aliphatic heterocycles. The number of methoxy groups -OCH3 is 1. The number of halogens is 1. The van der Waals surface area contributed by atoms with Crippen molar-refractivity contribution in [3.8, 4) is 0 Å². The molecule has 1 unspecified atom stereocenters. The summed E-state index contributed by atoms with van der Waals surface area (Å²) in [4.78, 5) is 40.8. The molecule has 1 aliphatic rings. The number of fused-ring (bicyclic) bond motifs is 3. The van der Waals surface area contributed by atoms with E-state index in [1.165, 1.54) is 25.3 Å². The van der Waals surface area contributed by atoms with E-state index in [1.54, 1.807) is 6.92 Å². The number of nitrogens with zero attached hydrogens (tertiary/aromatic N) is 1. The SMILES string of the molecule is COC(=O)CCC1C(=O)c2c(C)nc3ccc(F)cc3c2C1=O. The van der Waals surface area contributed by atoms with Gasteiger partial charge in [0.15, 0.2) is 11.6 Å². The molecule has 0 saturated carbocycles. The third kappa shape index (κ3) is 2.40. The van der Waals surface area contributed by atoms with Crippen LogP contribution in [0.3, 0.4) is 0 Å². The maximum absolute atomic E-state index is 13.5. The minimum absolute atomic E-state index is 0.0224. The number of Topliss-reactive ketones (excluding diaryl/α,β-unsaturated/α-hetero) is 2. The van der Waals surface area contributed by atoms with Crippen LogP contribution in [-0.2, 0) is 9.53 Å². The molecule has 0 fully saturated rings. The summed E-state index contributed by atoms with van der Waals surface area (Å²) in [5, 5.41) is 0.338. The molecule has 1 aromatic carbocycles. The number of hydrogen-bond acceptors (Lipinski definition) is 5. The summed E-state index contributed by atoms with van der Waals surface area (Å²) in [6.07, 6.45) is 0.0562. The topological polar surface area (TPSA) is 73.3 Å². The lowest BCUT2D eigenvalue weighted by molar-refractivity contribution is -0.140. The van der Waals surface area contributed by atoms with Crippen LogP contribution in [0.2, 0.25) is 0 Å². The van der Waals surface area contributed by atoms with Crippen LogP contribution < -0.4 is 0 Å². The van der Waals surface area contributed by atoms with Gasteiger partial charge in [-0.05, 0) is 31.5 Å². The molecule has 6 heteroatoms. The first kappa shape index (κ1) is 15.3. The van der Waals surface area contributed by atoms with Gasteiger partial charge in [0, 0.05) is 23.1 Å². The molecule has 23 heavy (non-hydrogen) atoms. The molecule has 1 aromatic heterocycles. The van der Waals surface area contributed by atoms with Gasteiger partial charge >= 0.3 is 5.97 Å². The van der Waals surface area contributed by atoms with Crippen molar-refractivity contribution in [2.45, 2.75) is 19.8 Å². The van der Waals surface area contributed by atoms with E-state index in [0.29, 0.717) is 16.6 Å². The smallest absolute Gasteiger partial charge is 0.305 e. The maximum Gasteiger partial charge on any atom is 0.305 e. The first-order valence-corrected chi connectivity index (χ1v) is 7.19. The molecule has 0 saturated heterocycles. The number of carbonyl (C=O) groups excluding carboxylic acids is 3. The molecular weight excluding hydrogens is 301 g/mol. The Morgan fingerprint density at radius 1 is 1.26 bits per heavy atom. The van der Waals surface area contributed by atoms with E-state index < -0.39 is 17.7 Å². The molecule has 3 rings (SSSR count). The van der Waals surface area contributed by atoms with Crippen molar-refractivity contribution in [3.63, 3.8) is 0 Å². The zero-order chi connectivity index (χ0) is 16.7. The van der Waals surface area contributed by atoms with Gasteiger partial charge < -0.3 is 4.74 Å². The van der Waals surface area contributed by atoms with Gasteiger partial charge in [0.1, 0.15) is 5.82 Å². The van der Waals surface area contributed by atoms with Crippen molar-refractivity contribution in [1.82, 2.24) is 4.98 Å². The Morgan fingerprint density at radius 3 is 2.65 bits per heavy atom. The predicted molar refractivity (Wildman–Crippen MR) is 79.8 cm³/mol. The zero-order valence-electron chi connectivity index (χ0n) is 12.7. The Balaban J connectivity index is 2.10. The van der Waals surface area contributed by atoms with Crippen LogP contribution in [0.15, 0.2) is 18.2 Å². The van der Waals surface area contributed by atoms with Gasteiger partial charge in [-0.15, -0.1) is 0 Å². The van der Waals surface area contributed by atoms with Crippen molar-refractivity contribution in [3.05, 3.63) is 40.8 Å². The predicted octanol–water partition coefficient (Wildman–Crippen LogP) is 2.63. The Kier molecular flexibility index (Phi) is 3.67. The molecule has 0 amide bonds. The summed E-state index contributed by atoms with van der Waals surface area (Å²) in [5.41, 5.74) is 1.37. The number of esters is 1. The van der Waals surface area contributed by atoms with Crippen molar-refractivity contribution in [1.29, 1.82) is 0 Å². The molecule has 0 radical (unpaired) electrons. The standard InChI is InChI=1S/C17H14FNO4/c1-8-14-15(11-7-9(18)3-5-12(11)19-8)17(22)10(16(14)21)4-6-13(20)23-2/h3,5,7,10H,4,6H2,1-2H3. The molecule has 0 bridgehead atoms. The third-order valence-electron chi connectivity index (χ3n) is 4.12. The second-order valence-corrected chi connectivity index (χ2v) is 5.50. The van der Waals surface area contributed by atoms with Crippen LogP contribution in [0.1, 0.15) is 39.3 Å². The lowest BCUT2D eigenvalue weighted by Gasteiger charge is -2.06. The summed E-state index contributed by atoms with van der Waals surface area (Å²) in [5.74, 6) is -2.64. The number of hydrogen-bond donors (Lipinski definition) is 0. The Bertz CT molecular complexity index is 859. The van der Waals surface area contributed by atoms with E-state index in [1.807, 2.05) is 0 Å². The lowest BCUT2D eigenvalue weighted by atomic mass is 9.97. The Hall–Kier alpha value is -2.63. The molecule has 118 valence electrons.